The van der Waals surface area contributed by atoms with Crippen LogP contribution < -0.4 is 11.3 Å². The highest BCUT2D eigenvalue weighted by molar-refractivity contribution is 5.33. The van der Waals surface area contributed by atoms with Crippen molar-refractivity contribution in [3.63, 3.8) is 0 Å². The van der Waals surface area contributed by atoms with Crippen LogP contribution in [0.2, 0.25) is 0 Å². The zero-order valence-corrected chi connectivity index (χ0v) is 12.2. The number of likely N-dealkylation sites (tertiary alicyclic amines) is 1. The molecule has 0 amide bonds. The molecule has 0 bridgehead atoms. The number of hydrogen-bond donors (Lipinski definition) is 1. The minimum absolute atomic E-state index is 0.0285. The van der Waals surface area contributed by atoms with Crippen molar-refractivity contribution >= 4 is 5.69 Å². The maximum Gasteiger partial charge on any atom is 0.250 e. The van der Waals surface area contributed by atoms with Gasteiger partial charge >= 0.3 is 0 Å². The highest BCUT2D eigenvalue weighted by atomic mass is 16.1. The molecule has 4 heteroatoms. The third kappa shape index (κ3) is 3.60. The highest BCUT2D eigenvalue weighted by Gasteiger charge is 2.31. The Balaban J connectivity index is 1.90. The van der Waals surface area contributed by atoms with Crippen molar-refractivity contribution in [3.05, 3.63) is 28.7 Å². The molecule has 4 nitrogen and oxygen atoms in total. The van der Waals surface area contributed by atoms with Gasteiger partial charge in [0.2, 0.25) is 0 Å². The number of anilines is 1. The van der Waals surface area contributed by atoms with E-state index < -0.39 is 0 Å². The van der Waals surface area contributed by atoms with Gasteiger partial charge in [0.1, 0.15) is 0 Å². The quantitative estimate of drug-likeness (QED) is 0.904. The topological polar surface area (TPSA) is 51.3 Å². The maximum absolute atomic E-state index is 11.7. The molecule has 1 aromatic heterocycles. The van der Waals surface area contributed by atoms with Gasteiger partial charge in [0.15, 0.2) is 0 Å². The van der Waals surface area contributed by atoms with Gasteiger partial charge in [-0.25, -0.2) is 0 Å². The molecule has 1 atom stereocenters. The number of nitrogen functional groups attached to an aromatic ring is 1. The van der Waals surface area contributed by atoms with E-state index >= 15 is 0 Å². The molecule has 106 valence electrons. The lowest BCUT2D eigenvalue weighted by Crippen LogP contribution is -2.31. The van der Waals surface area contributed by atoms with Gasteiger partial charge < -0.3 is 15.2 Å². The molecule has 1 unspecified atom stereocenters. The van der Waals surface area contributed by atoms with Crippen LogP contribution in [-0.2, 0) is 6.54 Å². The lowest BCUT2D eigenvalue weighted by molar-refractivity contribution is 0.226. The summed E-state index contributed by atoms with van der Waals surface area (Å²) in [6, 6.07) is 3.20. The van der Waals surface area contributed by atoms with Crippen molar-refractivity contribution in [1.82, 2.24) is 9.47 Å². The minimum atomic E-state index is 0.0285. The van der Waals surface area contributed by atoms with Gasteiger partial charge in [-0.1, -0.05) is 20.8 Å². The molecule has 1 aliphatic rings. The Morgan fingerprint density at radius 1 is 1.32 bits per heavy atom. The molecule has 0 spiro atoms. The van der Waals surface area contributed by atoms with Crippen molar-refractivity contribution in [2.45, 2.75) is 33.7 Å². The molecular weight excluding hydrogens is 238 g/mol. The zero-order valence-electron chi connectivity index (χ0n) is 12.2. The number of hydrogen-bond acceptors (Lipinski definition) is 3. The summed E-state index contributed by atoms with van der Waals surface area (Å²) in [7, 11) is 0. The third-order valence-electron chi connectivity index (χ3n) is 4.16. The van der Waals surface area contributed by atoms with E-state index in [1.54, 1.807) is 16.8 Å². The summed E-state index contributed by atoms with van der Waals surface area (Å²) in [4.78, 5) is 14.1. The van der Waals surface area contributed by atoms with E-state index in [4.69, 9.17) is 5.73 Å². The predicted molar refractivity (Wildman–Crippen MR) is 79.1 cm³/mol. The van der Waals surface area contributed by atoms with E-state index in [0.717, 1.165) is 32.1 Å². The van der Waals surface area contributed by atoms with E-state index in [9.17, 15) is 4.79 Å². The molecule has 2 rings (SSSR count). The van der Waals surface area contributed by atoms with Gasteiger partial charge in [-0.2, -0.15) is 0 Å². The van der Waals surface area contributed by atoms with Gasteiger partial charge in [0.05, 0.1) is 0 Å². The summed E-state index contributed by atoms with van der Waals surface area (Å²) in [5.74, 6) is 0.755. The molecule has 0 saturated carbocycles. The first kappa shape index (κ1) is 14.1. The average Bonchev–Trinajstić information content (AvgIpc) is 2.79. The molecule has 2 N–H and O–H groups in total. The molecule has 0 radical (unpaired) electrons. The molecular formula is C15H25N3O. The standard InChI is InChI=1S/C15H25N3O/c1-15(2,3)12-6-7-17(10-12)8-9-18-11-13(16)4-5-14(18)19/h4-5,11-12H,6-10,16H2,1-3H3. The van der Waals surface area contributed by atoms with Crippen molar-refractivity contribution in [2.75, 3.05) is 25.4 Å². The molecule has 1 saturated heterocycles. The summed E-state index contributed by atoms with van der Waals surface area (Å²) in [5.41, 5.74) is 6.77. The maximum atomic E-state index is 11.7. The van der Waals surface area contributed by atoms with Crippen molar-refractivity contribution < 1.29 is 0 Å². The smallest absolute Gasteiger partial charge is 0.250 e. The van der Waals surface area contributed by atoms with Crippen LogP contribution in [0.1, 0.15) is 27.2 Å². The van der Waals surface area contributed by atoms with Crippen LogP contribution in [0, 0.1) is 11.3 Å². The SMILES string of the molecule is CC(C)(C)C1CCN(CCn2cc(N)ccc2=O)C1. The Bertz CT molecular complexity index is 487. The van der Waals surface area contributed by atoms with E-state index in [1.807, 2.05) is 0 Å². The first-order valence-corrected chi connectivity index (χ1v) is 7.04. The summed E-state index contributed by atoms with van der Waals surface area (Å²) in [5, 5.41) is 0. The van der Waals surface area contributed by atoms with Gasteiger partial charge in [0, 0.05) is 37.6 Å². The fraction of sp³-hybridized carbons (Fsp3) is 0.667. The molecule has 1 aromatic rings. The van der Waals surface area contributed by atoms with Crippen molar-refractivity contribution in [1.29, 1.82) is 0 Å². The van der Waals surface area contributed by atoms with E-state index in [0.29, 0.717) is 11.1 Å². The average molecular weight is 263 g/mol. The molecule has 19 heavy (non-hydrogen) atoms. The van der Waals surface area contributed by atoms with Gasteiger partial charge in [-0.3, -0.25) is 4.79 Å². The number of pyridine rings is 1. The summed E-state index contributed by atoms with van der Waals surface area (Å²) in [6.07, 6.45) is 3.00. The Kier molecular flexibility index (Phi) is 3.99. The van der Waals surface area contributed by atoms with E-state index in [2.05, 4.69) is 25.7 Å². The van der Waals surface area contributed by atoms with Gasteiger partial charge in [-0.05, 0) is 30.4 Å². The molecule has 2 heterocycles. The van der Waals surface area contributed by atoms with E-state index in [1.165, 1.54) is 12.5 Å². The van der Waals surface area contributed by atoms with Crippen molar-refractivity contribution in [2.24, 2.45) is 11.3 Å². The molecule has 1 aliphatic heterocycles. The van der Waals surface area contributed by atoms with Gasteiger partial charge in [0.25, 0.3) is 5.56 Å². The molecule has 0 aliphatic carbocycles. The van der Waals surface area contributed by atoms with Crippen LogP contribution in [0.4, 0.5) is 5.69 Å². The Hall–Kier alpha value is -1.29. The second kappa shape index (κ2) is 5.37. The number of nitrogens with zero attached hydrogens (tertiary/aromatic N) is 2. The second-order valence-corrected chi connectivity index (χ2v) is 6.65. The Labute approximate surface area is 115 Å². The summed E-state index contributed by atoms with van der Waals surface area (Å²) < 4.78 is 1.71. The first-order chi connectivity index (χ1) is 8.86. The molecule has 1 fully saturated rings. The van der Waals surface area contributed by atoms with Crippen molar-refractivity contribution in [3.8, 4) is 0 Å². The second-order valence-electron chi connectivity index (χ2n) is 6.65. The fourth-order valence-corrected chi connectivity index (χ4v) is 2.72. The Morgan fingerprint density at radius 2 is 2.05 bits per heavy atom. The predicted octanol–water partition coefficient (Wildman–Crippen LogP) is 1.80. The van der Waals surface area contributed by atoms with Crippen LogP contribution in [0.5, 0.6) is 0 Å². The monoisotopic (exact) mass is 263 g/mol. The Morgan fingerprint density at radius 3 is 2.68 bits per heavy atom. The lowest BCUT2D eigenvalue weighted by atomic mass is 9.80. The fourth-order valence-electron chi connectivity index (χ4n) is 2.72. The van der Waals surface area contributed by atoms with Crippen LogP contribution in [0.15, 0.2) is 23.1 Å². The minimum Gasteiger partial charge on any atom is -0.398 e. The number of rotatable bonds is 3. The summed E-state index contributed by atoms with van der Waals surface area (Å²) in [6.45, 7) is 10.9. The first-order valence-electron chi connectivity index (χ1n) is 7.04. The lowest BCUT2D eigenvalue weighted by Gasteiger charge is -2.27. The molecule has 0 aromatic carbocycles. The highest BCUT2D eigenvalue weighted by Crippen LogP contribution is 2.33. The van der Waals surface area contributed by atoms with Crippen LogP contribution in [-0.4, -0.2) is 29.1 Å². The largest absolute Gasteiger partial charge is 0.398 e. The third-order valence-corrected chi connectivity index (χ3v) is 4.16. The van der Waals surface area contributed by atoms with Gasteiger partial charge in [-0.15, -0.1) is 0 Å². The van der Waals surface area contributed by atoms with Crippen LogP contribution in [0.3, 0.4) is 0 Å². The van der Waals surface area contributed by atoms with E-state index in [-0.39, 0.29) is 5.56 Å². The van der Waals surface area contributed by atoms with Crippen LogP contribution in [0.25, 0.3) is 0 Å². The normalized spacial score (nSPS) is 20.9. The summed E-state index contributed by atoms with van der Waals surface area (Å²) >= 11 is 0. The number of aromatic nitrogens is 1. The zero-order chi connectivity index (χ0) is 14.0. The van der Waals surface area contributed by atoms with Crippen LogP contribution >= 0.6 is 0 Å². The number of nitrogens with two attached hydrogens (primary N) is 1.